The van der Waals surface area contributed by atoms with Crippen LogP contribution in [0.25, 0.3) is 31.9 Å². The maximum absolute atomic E-state index is 4.55. The molecule has 2 nitrogen and oxygen atoms in total. The molecule has 0 N–H and O–H groups in total. The summed E-state index contributed by atoms with van der Waals surface area (Å²) in [7, 11) is 0. The van der Waals surface area contributed by atoms with E-state index in [1.54, 1.807) is 22.7 Å². The Morgan fingerprint density at radius 3 is 1.48 bits per heavy atom. The molecule has 0 aliphatic heterocycles. The van der Waals surface area contributed by atoms with Crippen LogP contribution in [0.3, 0.4) is 0 Å². The summed E-state index contributed by atoms with van der Waals surface area (Å²) in [4.78, 5) is 2.32. The van der Waals surface area contributed by atoms with E-state index < -0.39 is 0 Å². The van der Waals surface area contributed by atoms with E-state index in [4.69, 9.17) is 0 Å². The average Bonchev–Trinajstić information content (AvgIpc) is 3.17. The van der Waals surface area contributed by atoms with Gasteiger partial charge in [0, 0.05) is 20.1 Å². The second kappa shape index (κ2) is 6.59. The van der Waals surface area contributed by atoms with Crippen molar-refractivity contribution < 1.29 is 0 Å². The SMILES string of the molecule is Brc1cc(Br)c(-c2ccc(-c3sc(Br)cc3Br)c3nsnc23)s1. The normalized spacial score (nSPS) is 11.5. The van der Waals surface area contributed by atoms with Crippen molar-refractivity contribution in [2.24, 2.45) is 0 Å². The van der Waals surface area contributed by atoms with Crippen molar-refractivity contribution in [1.82, 2.24) is 8.75 Å². The minimum atomic E-state index is 0.943. The molecule has 0 aliphatic carbocycles. The lowest BCUT2D eigenvalue weighted by Gasteiger charge is -2.05. The smallest absolute Gasteiger partial charge is 0.114 e. The van der Waals surface area contributed by atoms with Crippen LogP contribution in [0.15, 0.2) is 40.8 Å². The third-order valence-electron chi connectivity index (χ3n) is 3.22. The number of fused-ring (bicyclic) bond motifs is 1. The van der Waals surface area contributed by atoms with Gasteiger partial charge in [-0.1, -0.05) is 12.1 Å². The molecule has 0 spiro atoms. The van der Waals surface area contributed by atoms with Gasteiger partial charge in [-0.3, -0.25) is 0 Å². The molecule has 4 aromatic rings. The Kier molecular flexibility index (Phi) is 4.81. The van der Waals surface area contributed by atoms with Gasteiger partial charge in [0.05, 0.1) is 29.1 Å². The van der Waals surface area contributed by atoms with Crippen LogP contribution in [0.2, 0.25) is 0 Å². The maximum Gasteiger partial charge on any atom is 0.114 e. The van der Waals surface area contributed by atoms with Crippen LogP contribution < -0.4 is 0 Å². The molecule has 1 aromatic carbocycles. The molecule has 3 heterocycles. The van der Waals surface area contributed by atoms with E-state index in [1.165, 1.54) is 11.7 Å². The molecule has 0 saturated heterocycles. The predicted octanol–water partition coefficient (Wildman–Crippen LogP) is 8.20. The first-order valence-electron chi connectivity index (χ1n) is 6.20. The Hall–Kier alpha value is 0.360. The highest BCUT2D eigenvalue weighted by Gasteiger charge is 2.19. The van der Waals surface area contributed by atoms with Crippen LogP contribution >= 0.6 is 98.1 Å². The molecule has 0 aliphatic rings. The summed E-state index contributed by atoms with van der Waals surface area (Å²) in [6, 6.07) is 8.38. The predicted molar refractivity (Wildman–Crippen MR) is 115 cm³/mol. The van der Waals surface area contributed by atoms with Crippen molar-refractivity contribution in [2.75, 3.05) is 0 Å². The fourth-order valence-electron chi connectivity index (χ4n) is 2.28. The van der Waals surface area contributed by atoms with Crippen LogP contribution in [0.4, 0.5) is 0 Å². The highest BCUT2D eigenvalue weighted by atomic mass is 79.9. The summed E-state index contributed by atoms with van der Waals surface area (Å²) < 4.78 is 13.4. The Morgan fingerprint density at radius 2 is 1.13 bits per heavy atom. The van der Waals surface area contributed by atoms with E-state index >= 15 is 0 Å². The van der Waals surface area contributed by atoms with Crippen LogP contribution in [-0.4, -0.2) is 8.75 Å². The van der Waals surface area contributed by atoms with Gasteiger partial charge in [-0.05, 0) is 75.9 Å². The van der Waals surface area contributed by atoms with Crippen molar-refractivity contribution in [3.8, 4) is 20.9 Å². The Bertz CT molecular complexity index is 954. The van der Waals surface area contributed by atoms with E-state index in [0.717, 1.165) is 48.4 Å². The van der Waals surface area contributed by atoms with Gasteiger partial charge in [0.25, 0.3) is 0 Å². The first-order valence-corrected chi connectivity index (χ1v) is 11.7. The van der Waals surface area contributed by atoms with E-state index in [0.29, 0.717) is 0 Å². The summed E-state index contributed by atoms with van der Waals surface area (Å²) in [5, 5.41) is 0. The molecule has 116 valence electrons. The highest BCUT2D eigenvalue weighted by molar-refractivity contribution is 9.12. The van der Waals surface area contributed by atoms with Gasteiger partial charge in [0.15, 0.2) is 0 Å². The van der Waals surface area contributed by atoms with Crippen LogP contribution in [0.1, 0.15) is 0 Å². The number of rotatable bonds is 2. The number of nitrogens with zero attached hydrogens (tertiary/aromatic N) is 2. The minimum Gasteiger partial charge on any atom is -0.172 e. The zero-order chi connectivity index (χ0) is 16.1. The minimum absolute atomic E-state index is 0.943. The quantitative estimate of drug-likeness (QED) is 0.227. The molecule has 9 heteroatoms. The summed E-state index contributed by atoms with van der Waals surface area (Å²) in [5.74, 6) is 0. The standard InChI is InChI=1S/C14H4Br4N2S3/c15-7-3-9(17)21-13(7)5-1-2-6(12-11(5)19-23-20-12)14-8(16)4-10(18)22-14/h1-4H. The zero-order valence-electron chi connectivity index (χ0n) is 10.9. The molecular weight excluding hydrogens is 612 g/mol. The molecule has 0 atom stereocenters. The van der Waals surface area contributed by atoms with Gasteiger partial charge < -0.3 is 0 Å². The first kappa shape index (κ1) is 16.8. The van der Waals surface area contributed by atoms with Crippen molar-refractivity contribution in [1.29, 1.82) is 0 Å². The number of hydrogen-bond acceptors (Lipinski definition) is 5. The molecule has 3 aromatic heterocycles. The molecule has 0 radical (unpaired) electrons. The van der Waals surface area contributed by atoms with Crippen molar-refractivity contribution in [2.45, 2.75) is 0 Å². The maximum atomic E-state index is 4.55. The Balaban J connectivity index is 1.98. The lowest BCUT2D eigenvalue weighted by molar-refractivity contribution is 1.62. The second-order valence-electron chi connectivity index (χ2n) is 4.58. The van der Waals surface area contributed by atoms with Gasteiger partial charge in [-0.15, -0.1) is 22.7 Å². The van der Waals surface area contributed by atoms with Crippen LogP contribution in [-0.2, 0) is 0 Å². The number of aromatic nitrogens is 2. The van der Waals surface area contributed by atoms with Gasteiger partial charge in [-0.2, -0.15) is 8.75 Å². The fraction of sp³-hybridized carbons (Fsp3) is 0. The summed E-state index contributed by atoms with van der Waals surface area (Å²) >= 11 is 19.0. The molecule has 0 fully saturated rings. The number of hydrogen-bond donors (Lipinski definition) is 0. The molecule has 0 unspecified atom stereocenters. The first-order chi connectivity index (χ1) is 11.0. The van der Waals surface area contributed by atoms with Gasteiger partial charge in [0.1, 0.15) is 11.0 Å². The van der Waals surface area contributed by atoms with Crippen LogP contribution in [0.5, 0.6) is 0 Å². The fourth-order valence-corrected chi connectivity index (χ4v) is 8.18. The lowest BCUT2D eigenvalue weighted by atomic mass is 10.1. The number of thiophene rings is 2. The van der Waals surface area contributed by atoms with Crippen molar-refractivity contribution >= 4 is 109 Å². The van der Waals surface area contributed by atoms with Crippen LogP contribution in [0, 0.1) is 0 Å². The largest absolute Gasteiger partial charge is 0.172 e. The highest BCUT2D eigenvalue weighted by Crippen LogP contribution is 2.46. The topological polar surface area (TPSA) is 25.8 Å². The molecule has 0 saturated carbocycles. The third kappa shape index (κ3) is 3.02. The second-order valence-corrected chi connectivity index (χ2v) is 11.7. The molecule has 0 amide bonds. The third-order valence-corrected chi connectivity index (χ3v) is 8.86. The van der Waals surface area contributed by atoms with E-state index in [-0.39, 0.29) is 0 Å². The molecule has 23 heavy (non-hydrogen) atoms. The summed E-state index contributed by atoms with van der Waals surface area (Å²) in [6.07, 6.45) is 0. The molecule has 4 rings (SSSR count). The monoisotopic (exact) mass is 612 g/mol. The summed E-state index contributed by atoms with van der Waals surface area (Å²) in [5.41, 5.74) is 4.09. The van der Waals surface area contributed by atoms with Gasteiger partial charge in [0.2, 0.25) is 0 Å². The lowest BCUT2D eigenvalue weighted by Crippen LogP contribution is -1.83. The van der Waals surface area contributed by atoms with E-state index in [9.17, 15) is 0 Å². The van der Waals surface area contributed by atoms with Gasteiger partial charge >= 0.3 is 0 Å². The number of benzene rings is 1. The molecular formula is C14H4Br4N2S3. The van der Waals surface area contributed by atoms with Gasteiger partial charge in [-0.25, -0.2) is 0 Å². The van der Waals surface area contributed by atoms with E-state index in [1.807, 2.05) is 0 Å². The van der Waals surface area contributed by atoms with E-state index in [2.05, 4.69) is 96.7 Å². The zero-order valence-corrected chi connectivity index (χ0v) is 19.7. The van der Waals surface area contributed by atoms with Crippen molar-refractivity contribution in [3.05, 3.63) is 40.8 Å². The Labute approximate surface area is 177 Å². The average molecular weight is 616 g/mol. The molecule has 0 bridgehead atoms. The summed E-state index contributed by atoms with van der Waals surface area (Å²) in [6.45, 7) is 0. The Morgan fingerprint density at radius 1 is 0.696 bits per heavy atom. The van der Waals surface area contributed by atoms with Crippen molar-refractivity contribution in [3.63, 3.8) is 0 Å². The number of halogens is 4.